The average Bonchev–Trinajstić information content (AvgIpc) is 3.42. The molecule has 0 fully saturated rings. The molecule has 0 radical (unpaired) electrons. The maximum Gasteiger partial charge on any atom is 0.407 e. The van der Waals surface area contributed by atoms with Crippen molar-refractivity contribution in [1.29, 1.82) is 0 Å². The van der Waals surface area contributed by atoms with E-state index in [2.05, 4.69) is 25.3 Å². The van der Waals surface area contributed by atoms with E-state index in [0.717, 1.165) is 39.4 Å². The van der Waals surface area contributed by atoms with Gasteiger partial charge in [-0.2, -0.15) is 0 Å². The Morgan fingerprint density at radius 1 is 0.921 bits per heavy atom. The number of amides is 2. The Bertz CT molecular complexity index is 1360. The molecule has 0 aliphatic carbocycles. The lowest BCUT2D eigenvalue weighted by atomic mass is 10.1. The highest BCUT2D eigenvalue weighted by molar-refractivity contribution is 5.82. The zero-order chi connectivity index (χ0) is 27.9. The van der Waals surface area contributed by atoms with Crippen LogP contribution >= 0.6 is 0 Å². The molecule has 204 valence electrons. The lowest BCUT2D eigenvalue weighted by molar-refractivity contribution is 0.0528. The Morgan fingerprint density at radius 2 is 1.45 bits per heavy atom. The normalized spacial score (nSPS) is 11.6. The molecule has 0 saturated carbocycles. The van der Waals surface area contributed by atoms with E-state index in [-0.39, 0.29) is 6.09 Å². The lowest BCUT2D eigenvalue weighted by Gasteiger charge is -2.33. The quantitative estimate of drug-likeness (QED) is 0.263. The molecule has 0 spiro atoms. The Hall–Kier alpha value is -4.08. The summed E-state index contributed by atoms with van der Waals surface area (Å²) in [5.74, 6) is 0. The minimum Gasteiger partial charge on any atom is -0.465 e. The van der Waals surface area contributed by atoms with Gasteiger partial charge >= 0.3 is 12.2 Å². The van der Waals surface area contributed by atoms with Crippen molar-refractivity contribution < 1.29 is 19.4 Å². The van der Waals surface area contributed by atoms with Crippen molar-refractivity contribution in [3.8, 4) is 0 Å². The van der Waals surface area contributed by atoms with Crippen LogP contribution in [0.15, 0.2) is 49.3 Å². The standard InChI is InChI=1S/2C14H19N3O2/c1-14(2,3)19-13(18)16-7-4-10-8-17-12-5-6-15-9-11(10)12;1-14(2,3)17(13(18)19)7-5-10-8-16-12-4-6-15-9-11(10)12/h5-6,8-9,17H,4,7H2,1-3H3,(H,16,18);4,6,8-9,16H,5,7H2,1-3H3,(H,18,19). The van der Waals surface area contributed by atoms with E-state index in [0.29, 0.717) is 19.5 Å². The predicted octanol–water partition coefficient (Wildman–Crippen LogP) is 5.51. The Kier molecular flexibility index (Phi) is 8.98. The van der Waals surface area contributed by atoms with Crippen LogP contribution in [0.2, 0.25) is 0 Å². The van der Waals surface area contributed by atoms with Crippen molar-refractivity contribution in [2.45, 2.75) is 65.5 Å². The number of rotatable bonds is 6. The maximum absolute atomic E-state index is 11.5. The van der Waals surface area contributed by atoms with Gasteiger partial charge in [0.15, 0.2) is 0 Å². The Balaban J connectivity index is 0.000000211. The molecule has 0 aliphatic rings. The first-order valence-electron chi connectivity index (χ1n) is 12.6. The molecule has 10 heteroatoms. The first-order chi connectivity index (χ1) is 17.8. The van der Waals surface area contributed by atoms with Crippen molar-refractivity contribution in [2.24, 2.45) is 0 Å². The van der Waals surface area contributed by atoms with Crippen LogP contribution in [0.5, 0.6) is 0 Å². The summed E-state index contributed by atoms with van der Waals surface area (Å²) >= 11 is 0. The van der Waals surface area contributed by atoms with E-state index < -0.39 is 17.2 Å². The van der Waals surface area contributed by atoms with Gasteiger partial charge in [0, 0.05) is 77.6 Å². The number of carboxylic acid groups (broad SMARTS) is 1. The third-order valence-corrected chi connectivity index (χ3v) is 5.85. The van der Waals surface area contributed by atoms with Gasteiger partial charge in [0.2, 0.25) is 0 Å². The van der Waals surface area contributed by atoms with Gasteiger partial charge in [-0.25, -0.2) is 9.59 Å². The molecule has 0 atom stereocenters. The second-order valence-corrected chi connectivity index (χ2v) is 11.0. The van der Waals surface area contributed by atoms with Crippen LogP contribution in [0.4, 0.5) is 9.59 Å². The molecule has 10 nitrogen and oxygen atoms in total. The first-order valence-corrected chi connectivity index (χ1v) is 12.6. The summed E-state index contributed by atoms with van der Waals surface area (Å²) in [4.78, 5) is 38.8. The van der Waals surface area contributed by atoms with Crippen molar-refractivity contribution in [2.75, 3.05) is 13.1 Å². The molecule has 4 N–H and O–H groups in total. The number of nitrogens with one attached hydrogen (secondary N) is 3. The average molecular weight is 523 g/mol. The zero-order valence-electron chi connectivity index (χ0n) is 23.0. The van der Waals surface area contributed by atoms with E-state index in [1.54, 1.807) is 12.4 Å². The highest BCUT2D eigenvalue weighted by atomic mass is 16.6. The summed E-state index contributed by atoms with van der Waals surface area (Å²) in [5.41, 5.74) is 3.47. The van der Waals surface area contributed by atoms with Gasteiger partial charge in [-0.15, -0.1) is 0 Å². The Morgan fingerprint density at radius 3 is 1.92 bits per heavy atom. The topological polar surface area (TPSA) is 136 Å². The number of nitrogens with zero attached hydrogens (tertiary/aromatic N) is 3. The van der Waals surface area contributed by atoms with E-state index in [9.17, 15) is 14.7 Å². The van der Waals surface area contributed by atoms with Crippen LogP contribution in [0.3, 0.4) is 0 Å². The number of fused-ring (bicyclic) bond motifs is 2. The van der Waals surface area contributed by atoms with Gasteiger partial charge in [0.05, 0.1) is 0 Å². The summed E-state index contributed by atoms with van der Waals surface area (Å²) in [6.45, 7) is 12.2. The van der Waals surface area contributed by atoms with Gasteiger partial charge in [0.25, 0.3) is 0 Å². The number of ether oxygens (including phenoxy) is 1. The molecule has 4 heterocycles. The van der Waals surface area contributed by atoms with E-state index in [1.807, 2.05) is 78.5 Å². The minimum atomic E-state index is -0.884. The summed E-state index contributed by atoms with van der Waals surface area (Å²) < 4.78 is 5.17. The molecule has 2 amide bonds. The number of carbonyl (C=O) groups excluding carboxylic acids is 1. The summed E-state index contributed by atoms with van der Waals surface area (Å²) in [7, 11) is 0. The van der Waals surface area contributed by atoms with Gasteiger partial charge < -0.3 is 30.0 Å². The summed E-state index contributed by atoms with van der Waals surface area (Å²) in [5, 5.41) is 14.2. The highest BCUT2D eigenvalue weighted by Gasteiger charge is 2.25. The number of aromatic amines is 2. The van der Waals surface area contributed by atoms with Crippen molar-refractivity contribution in [1.82, 2.24) is 30.2 Å². The number of pyridine rings is 2. The van der Waals surface area contributed by atoms with E-state index >= 15 is 0 Å². The summed E-state index contributed by atoms with van der Waals surface area (Å²) in [6, 6.07) is 3.84. The molecule has 38 heavy (non-hydrogen) atoms. The molecular formula is C28H38N6O4. The fourth-order valence-electron chi connectivity index (χ4n) is 4.01. The monoisotopic (exact) mass is 522 g/mol. The third kappa shape index (κ3) is 7.96. The smallest absolute Gasteiger partial charge is 0.407 e. The molecule has 4 aromatic heterocycles. The van der Waals surface area contributed by atoms with Crippen LogP contribution < -0.4 is 5.32 Å². The number of H-pyrrole nitrogens is 2. The Labute approximate surface area is 222 Å². The van der Waals surface area contributed by atoms with Crippen LogP contribution in [-0.4, -0.2) is 66.4 Å². The van der Waals surface area contributed by atoms with Gasteiger partial charge in [-0.1, -0.05) is 0 Å². The third-order valence-electron chi connectivity index (χ3n) is 5.85. The number of carbonyl (C=O) groups is 2. The van der Waals surface area contributed by atoms with Crippen molar-refractivity contribution in [3.63, 3.8) is 0 Å². The van der Waals surface area contributed by atoms with Crippen LogP contribution in [-0.2, 0) is 17.6 Å². The highest BCUT2D eigenvalue weighted by Crippen LogP contribution is 2.20. The fraction of sp³-hybridized carbons (Fsp3) is 0.429. The molecule has 4 aromatic rings. The molecule has 0 saturated heterocycles. The van der Waals surface area contributed by atoms with Crippen molar-refractivity contribution >= 4 is 34.0 Å². The number of hydrogen-bond donors (Lipinski definition) is 4. The maximum atomic E-state index is 11.5. The molecule has 4 rings (SSSR count). The van der Waals surface area contributed by atoms with Crippen molar-refractivity contribution in [3.05, 3.63) is 60.4 Å². The number of hydrogen-bond acceptors (Lipinski definition) is 5. The van der Waals surface area contributed by atoms with Gasteiger partial charge in [-0.05, 0) is 77.6 Å². The SMILES string of the molecule is CC(C)(C)N(CCc1c[nH]c2ccncc12)C(=O)O.CC(C)(C)OC(=O)NCCc1c[nH]c2ccncc12. The predicted molar refractivity (Wildman–Crippen MR) is 148 cm³/mol. The van der Waals surface area contributed by atoms with Crippen LogP contribution in [0, 0.1) is 0 Å². The second-order valence-electron chi connectivity index (χ2n) is 11.0. The summed E-state index contributed by atoms with van der Waals surface area (Å²) in [6.07, 6.45) is 11.1. The molecule has 0 unspecified atom stereocenters. The second kappa shape index (κ2) is 12.0. The van der Waals surface area contributed by atoms with Crippen LogP contribution in [0.1, 0.15) is 52.7 Å². The van der Waals surface area contributed by atoms with Gasteiger partial charge in [-0.3, -0.25) is 9.97 Å². The van der Waals surface area contributed by atoms with E-state index in [4.69, 9.17) is 4.74 Å². The number of alkyl carbamates (subject to hydrolysis) is 1. The zero-order valence-corrected chi connectivity index (χ0v) is 23.0. The molecular weight excluding hydrogens is 484 g/mol. The first kappa shape index (κ1) is 28.5. The largest absolute Gasteiger partial charge is 0.465 e. The molecule has 0 aromatic carbocycles. The molecule has 0 aliphatic heterocycles. The lowest BCUT2D eigenvalue weighted by Crippen LogP contribution is -2.45. The van der Waals surface area contributed by atoms with E-state index in [1.165, 1.54) is 4.90 Å². The fourth-order valence-corrected chi connectivity index (χ4v) is 4.01. The van der Waals surface area contributed by atoms with Gasteiger partial charge in [0.1, 0.15) is 5.60 Å². The number of aromatic nitrogens is 4. The minimum absolute atomic E-state index is 0.384. The molecule has 0 bridgehead atoms. The van der Waals surface area contributed by atoms with Crippen LogP contribution in [0.25, 0.3) is 21.8 Å².